The molecule has 5 aromatic rings. The lowest BCUT2D eigenvalue weighted by Crippen LogP contribution is -2.12. The summed E-state index contributed by atoms with van der Waals surface area (Å²) in [7, 11) is 0. The van der Waals surface area contributed by atoms with E-state index in [1.807, 2.05) is 24.5 Å². The second-order valence-corrected chi connectivity index (χ2v) is 10.3. The molecule has 0 N–H and O–H groups in total. The largest absolute Gasteiger partial charge is 0.461 e. The van der Waals surface area contributed by atoms with Gasteiger partial charge in [0.1, 0.15) is 11.3 Å². The van der Waals surface area contributed by atoms with E-state index in [2.05, 4.69) is 83.1 Å². The highest BCUT2D eigenvalue weighted by Crippen LogP contribution is 2.35. The van der Waals surface area contributed by atoms with E-state index in [0.717, 1.165) is 45.7 Å². The van der Waals surface area contributed by atoms with Crippen LogP contribution in [0.4, 0.5) is 0 Å². The SMILES string of the molecule is CC(C)Cc1cc2cnc(-c3ccnc(-c4cc(C(C)(C)C)c5ccccc5c4)c3)cc2o1. The van der Waals surface area contributed by atoms with Crippen LogP contribution < -0.4 is 0 Å². The Morgan fingerprint density at radius 1 is 0.818 bits per heavy atom. The molecule has 0 amide bonds. The highest BCUT2D eigenvalue weighted by molar-refractivity contribution is 5.91. The van der Waals surface area contributed by atoms with Gasteiger partial charge in [0.2, 0.25) is 0 Å². The van der Waals surface area contributed by atoms with Gasteiger partial charge in [0.15, 0.2) is 0 Å². The Kier molecular flexibility index (Phi) is 5.28. The first-order chi connectivity index (χ1) is 15.8. The van der Waals surface area contributed by atoms with Crippen molar-refractivity contribution >= 4 is 21.7 Å². The lowest BCUT2D eigenvalue weighted by atomic mass is 9.82. The topological polar surface area (TPSA) is 38.9 Å². The number of benzene rings is 2. The van der Waals surface area contributed by atoms with Gasteiger partial charge in [-0.25, -0.2) is 0 Å². The van der Waals surface area contributed by atoms with Crippen molar-refractivity contribution in [1.82, 2.24) is 9.97 Å². The van der Waals surface area contributed by atoms with Gasteiger partial charge in [0.05, 0.1) is 11.4 Å². The average Bonchev–Trinajstić information content (AvgIpc) is 3.18. The van der Waals surface area contributed by atoms with Crippen LogP contribution in [0.15, 0.2) is 77.5 Å². The first-order valence-corrected chi connectivity index (χ1v) is 11.7. The first kappa shape index (κ1) is 21.4. The Hall–Kier alpha value is -3.46. The molecule has 0 saturated carbocycles. The number of furan rings is 1. The maximum Gasteiger partial charge on any atom is 0.137 e. The summed E-state index contributed by atoms with van der Waals surface area (Å²) in [6.45, 7) is 11.2. The average molecular weight is 435 g/mol. The van der Waals surface area contributed by atoms with E-state index < -0.39 is 0 Å². The molecule has 3 heterocycles. The van der Waals surface area contributed by atoms with Gasteiger partial charge >= 0.3 is 0 Å². The molecule has 3 aromatic heterocycles. The number of nitrogens with zero attached hydrogens (tertiary/aromatic N) is 2. The van der Waals surface area contributed by atoms with Crippen LogP contribution in [-0.4, -0.2) is 9.97 Å². The number of pyridine rings is 2. The third-order valence-electron chi connectivity index (χ3n) is 6.08. The molecule has 0 aliphatic heterocycles. The predicted octanol–water partition coefficient (Wildman–Crippen LogP) is 8.21. The number of fused-ring (bicyclic) bond motifs is 2. The van der Waals surface area contributed by atoms with Crippen LogP contribution in [0.3, 0.4) is 0 Å². The smallest absolute Gasteiger partial charge is 0.137 e. The summed E-state index contributed by atoms with van der Waals surface area (Å²) in [6.07, 6.45) is 4.71. The number of hydrogen-bond acceptors (Lipinski definition) is 3. The van der Waals surface area contributed by atoms with Crippen LogP contribution in [0.1, 0.15) is 45.9 Å². The molecular weight excluding hydrogens is 404 g/mol. The summed E-state index contributed by atoms with van der Waals surface area (Å²) < 4.78 is 6.10. The van der Waals surface area contributed by atoms with Crippen LogP contribution in [0.25, 0.3) is 44.3 Å². The second kappa shape index (κ2) is 8.15. The molecule has 0 bridgehead atoms. The van der Waals surface area contributed by atoms with Crippen molar-refractivity contribution in [2.24, 2.45) is 5.92 Å². The molecule has 0 aliphatic carbocycles. The van der Waals surface area contributed by atoms with Crippen molar-refractivity contribution in [2.75, 3.05) is 0 Å². The fourth-order valence-corrected chi connectivity index (χ4v) is 4.48. The molecule has 33 heavy (non-hydrogen) atoms. The molecule has 2 aromatic carbocycles. The maximum atomic E-state index is 6.10. The summed E-state index contributed by atoms with van der Waals surface area (Å²) >= 11 is 0. The fraction of sp³-hybridized carbons (Fsp3) is 0.267. The van der Waals surface area contributed by atoms with Gasteiger partial charge in [0.25, 0.3) is 0 Å². The summed E-state index contributed by atoms with van der Waals surface area (Å²) in [5.41, 5.74) is 6.25. The van der Waals surface area contributed by atoms with Gasteiger partial charge in [-0.1, -0.05) is 58.9 Å². The van der Waals surface area contributed by atoms with Gasteiger partial charge in [0, 0.05) is 41.4 Å². The minimum Gasteiger partial charge on any atom is -0.461 e. The van der Waals surface area contributed by atoms with E-state index in [1.54, 1.807) is 0 Å². The van der Waals surface area contributed by atoms with Crippen molar-refractivity contribution in [1.29, 1.82) is 0 Å². The molecule has 3 nitrogen and oxygen atoms in total. The molecule has 0 aliphatic rings. The first-order valence-electron chi connectivity index (χ1n) is 11.7. The Morgan fingerprint density at radius 2 is 1.61 bits per heavy atom. The van der Waals surface area contributed by atoms with Gasteiger partial charge in [-0.15, -0.1) is 0 Å². The standard InChI is InChI=1S/C30H30N2O/c1-19(2)12-24-14-23-18-32-28(17-29(23)33-24)21-10-11-31-27(16-21)22-13-20-8-6-7-9-25(20)26(15-22)30(3,4)5/h6-11,13-19H,12H2,1-5H3. The lowest BCUT2D eigenvalue weighted by molar-refractivity contribution is 0.500. The molecule has 0 radical (unpaired) electrons. The summed E-state index contributed by atoms with van der Waals surface area (Å²) in [5, 5.41) is 3.58. The number of rotatable bonds is 4. The van der Waals surface area contributed by atoms with Crippen molar-refractivity contribution in [2.45, 2.75) is 46.5 Å². The summed E-state index contributed by atoms with van der Waals surface area (Å²) in [4.78, 5) is 9.44. The predicted molar refractivity (Wildman–Crippen MR) is 137 cm³/mol. The maximum absolute atomic E-state index is 6.10. The molecule has 0 atom stereocenters. The van der Waals surface area contributed by atoms with E-state index >= 15 is 0 Å². The zero-order valence-electron chi connectivity index (χ0n) is 20.0. The van der Waals surface area contributed by atoms with Crippen molar-refractivity contribution in [3.05, 3.63) is 84.4 Å². The Balaban J connectivity index is 1.58. The van der Waals surface area contributed by atoms with Gasteiger partial charge in [-0.2, -0.15) is 0 Å². The molecule has 0 unspecified atom stereocenters. The molecule has 0 saturated heterocycles. The Bertz CT molecular complexity index is 1450. The van der Waals surface area contributed by atoms with Crippen LogP contribution in [-0.2, 0) is 11.8 Å². The van der Waals surface area contributed by atoms with Crippen molar-refractivity contribution in [3.63, 3.8) is 0 Å². The minimum absolute atomic E-state index is 0.0345. The van der Waals surface area contributed by atoms with E-state index in [1.165, 1.54) is 16.3 Å². The Morgan fingerprint density at radius 3 is 2.39 bits per heavy atom. The van der Waals surface area contributed by atoms with Crippen molar-refractivity contribution in [3.8, 4) is 22.5 Å². The number of hydrogen-bond donors (Lipinski definition) is 0. The van der Waals surface area contributed by atoms with Gasteiger partial charge in [-0.05, 0) is 58.0 Å². The van der Waals surface area contributed by atoms with E-state index in [-0.39, 0.29) is 5.41 Å². The molecule has 0 fully saturated rings. The Labute approximate surface area is 195 Å². The molecule has 3 heteroatoms. The van der Waals surface area contributed by atoms with Crippen LogP contribution in [0, 0.1) is 5.92 Å². The molecule has 166 valence electrons. The molecule has 5 rings (SSSR count). The highest BCUT2D eigenvalue weighted by Gasteiger charge is 2.19. The molecule has 0 spiro atoms. The zero-order valence-corrected chi connectivity index (χ0v) is 20.0. The highest BCUT2D eigenvalue weighted by atomic mass is 16.3. The third-order valence-corrected chi connectivity index (χ3v) is 6.08. The summed E-state index contributed by atoms with van der Waals surface area (Å²) in [5.74, 6) is 1.57. The minimum atomic E-state index is 0.0345. The summed E-state index contributed by atoms with van der Waals surface area (Å²) in [6, 6.07) is 21.4. The molecular formula is C30H30N2O. The fourth-order valence-electron chi connectivity index (χ4n) is 4.48. The van der Waals surface area contributed by atoms with E-state index in [9.17, 15) is 0 Å². The van der Waals surface area contributed by atoms with Crippen LogP contribution >= 0.6 is 0 Å². The van der Waals surface area contributed by atoms with Gasteiger partial charge in [-0.3, -0.25) is 9.97 Å². The number of aromatic nitrogens is 2. The van der Waals surface area contributed by atoms with E-state index in [4.69, 9.17) is 14.4 Å². The monoisotopic (exact) mass is 434 g/mol. The van der Waals surface area contributed by atoms with Gasteiger partial charge < -0.3 is 4.42 Å². The van der Waals surface area contributed by atoms with Crippen LogP contribution in [0.5, 0.6) is 0 Å². The third kappa shape index (κ3) is 4.28. The van der Waals surface area contributed by atoms with Crippen LogP contribution in [0.2, 0.25) is 0 Å². The lowest BCUT2D eigenvalue weighted by Gasteiger charge is -2.22. The van der Waals surface area contributed by atoms with E-state index in [0.29, 0.717) is 5.92 Å². The quantitative estimate of drug-likeness (QED) is 0.286. The van der Waals surface area contributed by atoms with Crippen molar-refractivity contribution < 1.29 is 4.42 Å². The zero-order chi connectivity index (χ0) is 23.2. The normalized spacial score (nSPS) is 12.2. The second-order valence-electron chi connectivity index (χ2n) is 10.3.